The van der Waals surface area contributed by atoms with Crippen LogP contribution in [0.5, 0.6) is 5.75 Å². The monoisotopic (exact) mass is 332 g/mol. The molecule has 2 rings (SSSR count). The van der Waals surface area contributed by atoms with Gasteiger partial charge in [-0.2, -0.15) is 5.10 Å². The molecule has 8 heteroatoms. The molecule has 0 atom stereocenters. The van der Waals surface area contributed by atoms with Crippen LogP contribution in [0.3, 0.4) is 0 Å². The summed E-state index contributed by atoms with van der Waals surface area (Å²) in [6, 6.07) is 6.67. The molecule has 3 amide bonds. The van der Waals surface area contributed by atoms with Crippen LogP contribution in [0.1, 0.15) is 24.8 Å². The second-order valence-corrected chi connectivity index (χ2v) is 5.38. The summed E-state index contributed by atoms with van der Waals surface area (Å²) < 4.78 is 5.12. The van der Waals surface area contributed by atoms with Gasteiger partial charge in [0.1, 0.15) is 5.75 Å². The fourth-order valence-corrected chi connectivity index (χ4v) is 2.26. The van der Waals surface area contributed by atoms with Crippen molar-refractivity contribution in [2.24, 2.45) is 10.8 Å². The first-order valence-electron chi connectivity index (χ1n) is 7.70. The van der Waals surface area contributed by atoms with Crippen molar-refractivity contribution in [3.63, 3.8) is 0 Å². The van der Waals surface area contributed by atoms with Crippen molar-refractivity contribution in [3.05, 3.63) is 29.8 Å². The Morgan fingerprint density at radius 3 is 2.46 bits per heavy atom. The van der Waals surface area contributed by atoms with Crippen LogP contribution in [-0.4, -0.2) is 48.5 Å². The summed E-state index contributed by atoms with van der Waals surface area (Å²) in [5, 5.41) is 3.77. The number of hydrogen-bond donors (Lipinski definition) is 2. The van der Waals surface area contributed by atoms with E-state index in [-0.39, 0.29) is 6.61 Å². The van der Waals surface area contributed by atoms with Gasteiger partial charge in [-0.25, -0.2) is 5.43 Å². The van der Waals surface area contributed by atoms with Gasteiger partial charge in [-0.05, 0) is 49.1 Å². The number of amides is 3. The van der Waals surface area contributed by atoms with E-state index in [1.54, 1.807) is 29.2 Å². The Bertz CT molecular complexity index is 621. The molecule has 24 heavy (non-hydrogen) atoms. The van der Waals surface area contributed by atoms with Crippen LogP contribution in [0.25, 0.3) is 0 Å². The molecule has 1 aliphatic heterocycles. The third kappa shape index (κ3) is 5.38. The lowest BCUT2D eigenvalue weighted by molar-refractivity contribution is -0.146. The summed E-state index contributed by atoms with van der Waals surface area (Å²) in [4.78, 5) is 35.8. The number of likely N-dealkylation sites (tertiary alicyclic amines) is 1. The second-order valence-electron chi connectivity index (χ2n) is 5.38. The average Bonchev–Trinajstić information content (AvgIpc) is 2.61. The molecule has 1 saturated heterocycles. The normalized spacial score (nSPS) is 14.4. The molecule has 1 fully saturated rings. The molecule has 1 aromatic carbocycles. The third-order valence-electron chi connectivity index (χ3n) is 3.48. The highest BCUT2D eigenvalue weighted by atomic mass is 16.5. The largest absolute Gasteiger partial charge is 0.484 e. The number of hydrazone groups is 1. The summed E-state index contributed by atoms with van der Waals surface area (Å²) in [6.45, 7) is 1.04. The Labute approximate surface area is 139 Å². The molecule has 1 aromatic rings. The maximum atomic E-state index is 11.9. The average molecular weight is 332 g/mol. The number of primary amides is 1. The first-order valence-corrected chi connectivity index (χ1v) is 7.70. The summed E-state index contributed by atoms with van der Waals surface area (Å²) in [5.41, 5.74) is 7.92. The lowest BCUT2D eigenvalue weighted by Gasteiger charge is -2.25. The topological polar surface area (TPSA) is 114 Å². The predicted molar refractivity (Wildman–Crippen MR) is 87.3 cm³/mol. The molecule has 0 bridgehead atoms. The number of nitrogens with zero attached hydrogens (tertiary/aromatic N) is 2. The zero-order valence-corrected chi connectivity index (χ0v) is 13.2. The maximum Gasteiger partial charge on any atom is 0.329 e. The number of rotatable bonds is 5. The van der Waals surface area contributed by atoms with Gasteiger partial charge in [0, 0.05) is 13.1 Å². The molecular formula is C16H20N4O4. The highest BCUT2D eigenvalue weighted by Crippen LogP contribution is 2.11. The van der Waals surface area contributed by atoms with Crippen molar-refractivity contribution in [3.8, 4) is 5.75 Å². The maximum absolute atomic E-state index is 11.9. The zero-order valence-electron chi connectivity index (χ0n) is 13.2. The van der Waals surface area contributed by atoms with Gasteiger partial charge in [-0.1, -0.05) is 0 Å². The molecule has 0 radical (unpaired) electrons. The molecule has 1 heterocycles. The minimum Gasteiger partial charge on any atom is -0.484 e. The molecule has 0 aliphatic carbocycles. The lowest BCUT2D eigenvalue weighted by atomic mass is 10.1. The molecule has 0 spiro atoms. The van der Waals surface area contributed by atoms with Gasteiger partial charge in [0.2, 0.25) is 0 Å². The van der Waals surface area contributed by atoms with E-state index in [0.717, 1.165) is 19.3 Å². The summed E-state index contributed by atoms with van der Waals surface area (Å²) >= 11 is 0. The SMILES string of the molecule is NC(=O)COc1ccc(C=NNC(=O)C(=O)N2CCCCC2)cc1. The van der Waals surface area contributed by atoms with Crippen LogP contribution in [0.4, 0.5) is 0 Å². The Balaban J connectivity index is 1.81. The van der Waals surface area contributed by atoms with Crippen LogP contribution in [0.2, 0.25) is 0 Å². The van der Waals surface area contributed by atoms with Crippen molar-refractivity contribution in [1.29, 1.82) is 0 Å². The Morgan fingerprint density at radius 2 is 1.83 bits per heavy atom. The number of benzene rings is 1. The van der Waals surface area contributed by atoms with Gasteiger partial charge < -0.3 is 15.4 Å². The van der Waals surface area contributed by atoms with E-state index >= 15 is 0 Å². The molecule has 0 aromatic heterocycles. The van der Waals surface area contributed by atoms with Gasteiger partial charge in [0.25, 0.3) is 5.91 Å². The molecule has 0 unspecified atom stereocenters. The fraction of sp³-hybridized carbons (Fsp3) is 0.375. The molecule has 3 N–H and O–H groups in total. The second kappa shape index (κ2) is 8.66. The van der Waals surface area contributed by atoms with E-state index in [9.17, 15) is 14.4 Å². The van der Waals surface area contributed by atoms with Crippen LogP contribution < -0.4 is 15.9 Å². The number of carbonyl (C=O) groups is 3. The predicted octanol–water partition coefficient (Wildman–Crippen LogP) is 0.0133. The van der Waals surface area contributed by atoms with Crippen LogP contribution in [0.15, 0.2) is 29.4 Å². The molecule has 128 valence electrons. The van der Waals surface area contributed by atoms with Gasteiger partial charge in [0.05, 0.1) is 6.21 Å². The van der Waals surface area contributed by atoms with E-state index in [0.29, 0.717) is 24.4 Å². The van der Waals surface area contributed by atoms with Crippen LogP contribution in [0, 0.1) is 0 Å². The van der Waals surface area contributed by atoms with E-state index in [1.807, 2.05) is 0 Å². The van der Waals surface area contributed by atoms with Gasteiger partial charge >= 0.3 is 11.8 Å². The molecular weight excluding hydrogens is 312 g/mol. The number of nitrogens with two attached hydrogens (primary N) is 1. The van der Waals surface area contributed by atoms with Crippen LogP contribution in [-0.2, 0) is 14.4 Å². The van der Waals surface area contributed by atoms with Crippen molar-refractivity contribution in [1.82, 2.24) is 10.3 Å². The van der Waals surface area contributed by atoms with E-state index in [2.05, 4.69) is 10.5 Å². The van der Waals surface area contributed by atoms with Crippen LogP contribution >= 0.6 is 0 Å². The van der Waals surface area contributed by atoms with Gasteiger partial charge in [0.15, 0.2) is 6.61 Å². The fourth-order valence-electron chi connectivity index (χ4n) is 2.26. The van der Waals surface area contributed by atoms with Crippen molar-refractivity contribution >= 4 is 23.9 Å². The smallest absolute Gasteiger partial charge is 0.329 e. The molecule has 1 aliphatic rings. The number of hydrogen-bond acceptors (Lipinski definition) is 5. The van der Waals surface area contributed by atoms with Crippen molar-refractivity contribution in [2.75, 3.05) is 19.7 Å². The van der Waals surface area contributed by atoms with E-state index in [1.165, 1.54) is 6.21 Å². The van der Waals surface area contributed by atoms with Gasteiger partial charge in [-0.15, -0.1) is 0 Å². The number of nitrogens with one attached hydrogen (secondary N) is 1. The number of carbonyl (C=O) groups excluding carboxylic acids is 3. The molecule has 8 nitrogen and oxygen atoms in total. The van der Waals surface area contributed by atoms with Gasteiger partial charge in [-0.3, -0.25) is 14.4 Å². The standard InChI is InChI=1S/C16H20N4O4/c17-14(21)11-24-13-6-4-12(5-7-13)10-18-19-15(22)16(23)20-8-2-1-3-9-20/h4-7,10H,1-3,8-9,11H2,(H2,17,21)(H,19,22). The summed E-state index contributed by atoms with van der Waals surface area (Å²) in [6.07, 6.45) is 4.35. The van der Waals surface area contributed by atoms with Crippen molar-refractivity contribution in [2.45, 2.75) is 19.3 Å². The zero-order chi connectivity index (χ0) is 17.4. The first-order chi connectivity index (χ1) is 11.6. The van der Waals surface area contributed by atoms with Crippen molar-refractivity contribution < 1.29 is 19.1 Å². The highest BCUT2D eigenvalue weighted by molar-refractivity contribution is 6.35. The third-order valence-corrected chi connectivity index (χ3v) is 3.48. The van der Waals surface area contributed by atoms with E-state index < -0.39 is 17.7 Å². The first kappa shape index (κ1) is 17.5. The lowest BCUT2D eigenvalue weighted by Crippen LogP contribution is -2.43. The number of ether oxygens (including phenoxy) is 1. The number of piperidine rings is 1. The molecule has 0 saturated carbocycles. The minimum atomic E-state index is -0.741. The van der Waals surface area contributed by atoms with E-state index in [4.69, 9.17) is 10.5 Å². The summed E-state index contributed by atoms with van der Waals surface area (Å²) in [7, 11) is 0. The quantitative estimate of drug-likeness (QED) is 0.449. The minimum absolute atomic E-state index is 0.192. The Morgan fingerprint density at radius 1 is 1.17 bits per heavy atom. The Kier molecular flexibility index (Phi) is 6.30. The summed E-state index contributed by atoms with van der Waals surface area (Å²) in [5.74, 6) is -1.35. The Hall–Kier alpha value is -2.90. The highest BCUT2D eigenvalue weighted by Gasteiger charge is 2.22.